The van der Waals surface area contributed by atoms with E-state index in [2.05, 4.69) is 20.8 Å². The minimum absolute atomic E-state index is 0. The molecule has 0 atom stereocenters. The van der Waals surface area contributed by atoms with Crippen molar-refractivity contribution in [1.82, 2.24) is 14.7 Å². The Morgan fingerprint density at radius 2 is 1.69 bits per heavy atom. The van der Waals surface area contributed by atoms with Gasteiger partial charge in [-0.25, -0.2) is 18.1 Å². The topological polar surface area (TPSA) is 74.8 Å². The van der Waals surface area contributed by atoms with Gasteiger partial charge in [0, 0.05) is 30.3 Å². The molecule has 5 nitrogen and oxygen atoms in total. The lowest BCUT2D eigenvalue weighted by atomic mass is 10.0. The predicted molar refractivity (Wildman–Crippen MR) is 105 cm³/mol. The van der Waals surface area contributed by atoms with Crippen molar-refractivity contribution in [3.05, 3.63) is 73.1 Å². The Kier molecular flexibility index (Phi) is 4.06. The van der Waals surface area contributed by atoms with E-state index < -0.39 is 10.0 Å². The Balaban J connectivity index is 0.00000210. The lowest BCUT2D eigenvalue weighted by Gasteiger charge is -2.05. The fraction of sp³-hybridized carbons (Fsp3) is 0.0500. The third kappa shape index (κ3) is 2.89. The lowest BCUT2D eigenvalue weighted by Crippen LogP contribution is -2.18. The average Bonchev–Trinajstić information content (AvgIpc) is 3.12. The van der Waals surface area contributed by atoms with Crippen LogP contribution in [0.5, 0.6) is 0 Å². The van der Waals surface area contributed by atoms with Crippen LogP contribution in [0.3, 0.4) is 0 Å². The Hall–Kier alpha value is -2.96. The monoisotopic (exact) mass is 365 g/mol. The second kappa shape index (κ2) is 6.40. The molecule has 0 radical (unpaired) electrons. The summed E-state index contributed by atoms with van der Waals surface area (Å²) >= 11 is 0. The van der Waals surface area contributed by atoms with Crippen LogP contribution >= 0.6 is 0 Å². The van der Waals surface area contributed by atoms with Crippen LogP contribution in [-0.2, 0) is 10.0 Å². The van der Waals surface area contributed by atoms with Gasteiger partial charge in [-0.2, -0.15) is 0 Å². The van der Waals surface area contributed by atoms with Crippen LogP contribution < -0.4 is 4.72 Å². The van der Waals surface area contributed by atoms with Crippen molar-refractivity contribution in [3.8, 4) is 22.3 Å². The van der Waals surface area contributed by atoms with Crippen LogP contribution in [0.15, 0.2) is 78.0 Å². The number of benzene rings is 2. The van der Waals surface area contributed by atoms with Crippen LogP contribution in [-0.4, -0.2) is 25.4 Å². The summed E-state index contributed by atoms with van der Waals surface area (Å²) < 4.78 is 26.1. The third-order valence-corrected chi connectivity index (χ3v) is 5.81. The van der Waals surface area contributed by atoms with Gasteiger partial charge in [0.2, 0.25) is 10.0 Å². The molecule has 0 spiro atoms. The SMILES string of the molecule is CNS(=O)(=O)c1ccc(-c2c[nH]c3ncc(-c4ccccc4)cc23)cc1.[HH]. The van der Waals surface area contributed by atoms with E-state index in [0.29, 0.717) is 0 Å². The van der Waals surface area contributed by atoms with E-state index >= 15 is 0 Å². The number of rotatable bonds is 4. The molecule has 4 rings (SSSR count). The highest BCUT2D eigenvalue weighted by atomic mass is 32.2. The van der Waals surface area contributed by atoms with E-state index in [0.717, 1.165) is 33.3 Å². The standard InChI is InChI=1S/C20H17N3O2S.H2/c1-21-26(24,25)17-9-7-15(8-10-17)19-13-23-20-18(19)11-16(12-22-20)14-5-3-2-4-6-14;/h2-13,21H,1H3,(H,22,23);1H. The number of aromatic amines is 1. The molecular formula is C20H19N3O2S. The second-order valence-electron chi connectivity index (χ2n) is 5.92. The maximum absolute atomic E-state index is 11.9. The first-order valence-corrected chi connectivity index (χ1v) is 9.63. The van der Waals surface area contributed by atoms with Crippen molar-refractivity contribution in [2.75, 3.05) is 7.05 Å². The number of fused-ring (bicyclic) bond motifs is 1. The molecule has 0 saturated carbocycles. The first kappa shape index (κ1) is 16.5. The van der Waals surface area contributed by atoms with Crippen molar-refractivity contribution in [2.45, 2.75) is 4.90 Å². The van der Waals surface area contributed by atoms with Crippen molar-refractivity contribution in [2.24, 2.45) is 0 Å². The van der Waals surface area contributed by atoms with E-state index in [-0.39, 0.29) is 6.32 Å². The van der Waals surface area contributed by atoms with Gasteiger partial charge < -0.3 is 4.98 Å². The summed E-state index contributed by atoms with van der Waals surface area (Å²) in [7, 11) is -2.04. The van der Waals surface area contributed by atoms with Gasteiger partial charge >= 0.3 is 0 Å². The first-order valence-electron chi connectivity index (χ1n) is 8.15. The molecule has 0 fully saturated rings. The predicted octanol–water partition coefficient (Wildman–Crippen LogP) is 4.05. The van der Waals surface area contributed by atoms with E-state index in [9.17, 15) is 8.42 Å². The molecule has 26 heavy (non-hydrogen) atoms. The molecule has 2 aromatic carbocycles. The Labute approximate surface area is 153 Å². The maximum atomic E-state index is 11.9. The van der Waals surface area contributed by atoms with Gasteiger partial charge in [0.25, 0.3) is 0 Å². The normalized spacial score (nSPS) is 11.7. The van der Waals surface area contributed by atoms with E-state index in [1.807, 2.05) is 54.9 Å². The molecule has 0 amide bonds. The second-order valence-corrected chi connectivity index (χ2v) is 7.81. The number of hydrogen-bond acceptors (Lipinski definition) is 3. The quantitative estimate of drug-likeness (QED) is 0.573. The zero-order valence-electron chi connectivity index (χ0n) is 14.1. The molecule has 0 aliphatic heterocycles. The molecule has 2 aromatic heterocycles. The van der Waals surface area contributed by atoms with Gasteiger partial charge in [-0.15, -0.1) is 0 Å². The summed E-state index contributed by atoms with van der Waals surface area (Å²) in [6, 6.07) is 19.0. The Morgan fingerprint density at radius 1 is 0.962 bits per heavy atom. The molecule has 132 valence electrons. The highest BCUT2D eigenvalue weighted by Crippen LogP contribution is 2.31. The summed E-state index contributed by atoms with van der Waals surface area (Å²) in [4.78, 5) is 7.93. The molecule has 0 aliphatic rings. The minimum atomic E-state index is -3.44. The summed E-state index contributed by atoms with van der Waals surface area (Å²) in [6.07, 6.45) is 3.74. The zero-order chi connectivity index (χ0) is 18.1. The highest BCUT2D eigenvalue weighted by molar-refractivity contribution is 7.89. The zero-order valence-corrected chi connectivity index (χ0v) is 14.9. The van der Waals surface area contributed by atoms with Crippen molar-refractivity contribution >= 4 is 21.1 Å². The molecule has 4 aromatic rings. The molecule has 2 heterocycles. The van der Waals surface area contributed by atoms with Crippen LogP contribution in [0.1, 0.15) is 1.43 Å². The first-order chi connectivity index (χ1) is 12.6. The average molecular weight is 365 g/mol. The minimum Gasteiger partial charge on any atom is -0.346 e. The van der Waals surface area contributed by atoms with Gasteiger partial charge in [-0.05, 0) is 36.4 Å². The third-order valence-electron chi connectivity index (χ3n) is 4.38. The molecule has 6 heteroatoms. The van der Waals surface area contributed by atoms with E-state index in [4.69, 9.17) is 0 Å². The van der Waals surface area contributed by atoms with Crippen LogP contribution in [0.25, 0.3) is 33.3 Å². The molecule has 0 saturated heterocycles. The summed E-state index contributed by atoms with van der Waals surface area (Å²) in [5.74, 6) is 0. The highest BCUT2D eigenvalue weighted by Gasteiger charge is 2.13. The van der Waals surface area contributed by atoms with Gasteiger partial charge in [0.1, 0.15) is 5.65 Å². The van der Waals surface area contributed by atoms with Crippen molar-refractivity contribution in [3.63, 3.8) is 0 Å². The van der Waals surface area contributed by atoms with Crippen LogP contribution in [0, 0.1) is 0 Å². The van der Waals surface area contributed by atoms with Crippen molar-refractivity contribution in [1.29, 1.82) is 0 Å². The number of sulfonamides is 1. The summed E-state index contributed by atoms with van der Waals surface area (Å²) in [6.45, 7) is 0. The van der Waals surface area contributed by atoms with Gasteiger partial charge in [0.15, 0.2) is 0 Å². The smallest absolute Gasteiger partial charge is 0.240 e. The number of nitrogens with one attached hydrogen (secondary N) is 2. The number of hydrogen-bond donors (Lipinski definition) is 2. The van der Waals surface area contributed by atoms with Gasteiger partial charge in [0.05, 0.1) is 4.90 Å². The molecule has 0 bridgehead atoms. The fourth-order valence-electron chi connectivity index (χ4n) is 2.96. The number of nitrogens with zero attached hydrogens (tertiary/aromatic N) is 1. The van der Waals surface area contributed by atoms with Gasteiger partial charge in [-0.3, -0.25) is 0 Å². The number of H-pyrrole nitrogens is 1. The summed E-state index contributed by atoms with van der Waals surface area (Å²) in [5.41, 5.74) is 4.85. The fourth-order valence-corrected chi connectivity index (χ4v) is 3.69. The van der Waals surface area contributed by atoms with Crippen LogP contribution in [0.2, 0.25) is 0 Å². The van der Waals surface area contributed by atoms with Crippen molar-refractivity contribution < 1.29 is 9.84 Å². The summed E-state index contributed by atoms with van der Waals surface area (Å²) in [5, 5.41) is 0.996. The molecule has 0 aliphatic carbocycles. The molecule has 0 unspecified atom stereocenters. The molecular weight excluding hydrogens is 346 g/mol. The maximum Gasteiger partial charge on any atom is 0.240 e. The number of pyridine rings is 1. The Morgan fingerprint density at radius 3 is 2.38 bits per heavy atom. The van der Waals surface area contributed by atoms with E-state index in [1.54, 1.807) is 12.1 Å². The van der Waals surface area contributed by atoms with E-state index in [1.165, 1.54) is 7.05 Å². The Bertz CT molecular complexity index is 1170. The largest absolute Gasteiger partial charge is 0.346 e. The lowest BCUT2D eigenvalue weighted by molar-refractivity contribution is 0.588. The molecule has 2 N–H and O–H groups in total. The van der Waals surface area contributed by atoms with Gasteiger partial charge in [-0.1, -0.05) is 42.5 Å². The number of aromatic nitrogens is 2. The van der Waals surface area contributed by atoms with Crippen LogP contribution in [0.4, 0.5) is 0 Å².